The van der Waals surface area contributed by atoms with Gasteiger partial charge in [0.2, 0.25) is 23.6 Å². The molecule has 4 N–H and O–H groups in total. The van der Waals surface area contributed by atoms with Crippen LogP contribution in [-0.4, -0.2) is 122 Å². The number of nitrogens with zero attached hydrogens (tertiary/aromatic N) is 8. The van der Waals surface area contributed by atoms with Crippen molar-refractivity contribution in [3.05, 3.63) is 125 Å². The summed E-state index contributed by atoms with van der Waals surface area (Å²) in [5.41, 5.74) is 6.58. The highest BCUT2D eigenvalue weighted by Crippen LogP contribution is 2.35. The van der Waals surface area contributed by atoms with E-state index in [1.807, 2.05) is 62.9 Å². The number of hydrogen-bond donors (Lipinski definition) is 4. The van der Waals surface area contributed by atoms with Crippen LogP contribution in [0.25, 0.3) is 33.0 Å². The molecule has 75 heavy (non-hydrogen) atoms. The summed E-state index contributed by atoms with van der Waals surface area (Å²) < 4.78 is 20.3. The van der Waals surface area contributed by atoms with Gasteiger partial charge >= 0.3 is 0 Å². The second kappa shape index (κ2) is 23.4. The third-order valence-electron chi connectivity index (χ3n) is 13.3. The van der Waals surface area contributed by atoms with Crippen LogP contribution >= 0.6 is 11.3 Å². The standard InChI is InChI=1S/C55H58FN11O7S/c1-33-49(75-32-61-33)35-14-12-34(13-15-35)29-60-53(72)44-27-38(68)31-67(44)54(73)50(55(2,3)4)64-46(69)10-7-11-47(70)66-24-22-65(23-25-66)43-26-36(39-30-58-20-18-37(39)28-57)16-17-41(43)63-52(71)42-19-21-59-51(62-42)48-40(56)8-6-9-45(48)74-5/h6,8-9,12-21,26,30,32,38,44,50,68H,7,10-11,22-25,27,29,31H2,1-5H3,(H,60,72)(H,63,71)(H,64,69)/t38-,44+,50-/m1/s1. The number of carbonyl (C=O) groups excluding carboxylic acids is 5. The SMILES string of the molecule is COc1cccc(F)c1-c1nccc(C(=O)Nc2ccc(-c3cnccc3C#N)cc2N2CCN(C(=O)CCCC(=O)N[C@H](C(=O)N3C[C@H](O)C[C@H]3C(=O)NCc3ccc(-c4scnc4C)cc3)C(C)(C)C)CC2)n1. The molecule has 2 fully saturated rings. The van der Waals surface area contributed by atoms with Crippen molar-refractivity contribution in [2.75, 3.05) is 50.1 Å². The Bertz CT molecular complexity index is 3130. The molecule has 3 aromatic carbocycles. The van der Waals surface area contributed by atoms with Gasteiger partial charge in [0.1, 0.15) is 29.3 Å². The predicted molar refractivity (Wildman–Crippen MR) is 281 cm³/mol. The summed E-state index contributed by atoms with van der Waals surface area (Å²) in [6.07, 6.45) is 3.88. The van der Waals surface area contributed by atoms with Gasteiger partial charge in [-0.15, -0.1) is 11.3 Å². The summed E-state index contributed by atoms with van der Waals surface area (Å²) in [5, 5.41) is 29.3. The minimum absolute atomic E-state index is 0.0100. The zero-order chi connectivity index (χ0) is 53.4. The number of carbonyl (C=O) groups is 5. The number of rotatable bonds is 16. The van der Waals surface area contributed by atoms with Crippen LogP contribution in [0.4, 0.5) is 15.8 Å². The highest BCUT2D eigenvalue weighted by atomic mass is 32.1. The maximum absolute atomic E-state index is 15.0. The van der Waals surface area contributed by atoms with Gasteiger partial charge in [-0.2, -0.15) is 5.26 Å². The maximum atomic E-state index is 15.0. The molecule has 2 saturated heterocycles. The summed E-state index contributed by atoms with van der Waals surface area (Å²) in [6, 6.07) is 20.7. The van der Waals surface area contributed by atoms with Crippen LogP contribution in [0.1, 0.15) is 73.8 Å². The number of pyridine rings is 1. The van der Waals surface area contributed by atoms with Gasteiger partial charge in [-0.1, -0.05) is 57.2 Å². The van der Waals surface area contributed by atoms with Crippen molar-refractivity contribution in [1.29, 1.82) is 5.26 Å². The summed E-state index contributed by atoms with van der Waals surface area (Å²) >= 11 is 1.56. The lowest BCUT2D eigenvalue weighted by Crippen LogP contribution is -2.57. The molecular formula is C55H58FN11O7S. The number of thiazole rings is 1. The van der Waals surface area contributed by atoms with E-state index in [4.69, 9.17) is 4.74 Å². The van der Waals surface area contributed by atoms with Crippen LogP contribution in [-0.2, 0) is 25.7 Å². The summed E-state index contributed by atoms with van der Waals surface area (Å²) in [4.78, 5) is 92.0. The van der Waals surface area contributed by atoms with Crippen LogP contribution in [0.2, 0.25) is 0 Å². The van der Waals surface area contributed by atoms with Gasteiger partial charge in [0, 0.05) is 82.7 Å². The molecule has 2 aliphatic rings. The molecular weight excluding hydrogens is 978 g/mol. The van der Waals surface area contributed by atoms with E-state index in [2.05, 4.69) is 42.0 Å². The average molecular weight is 1040 g/mol. The zero-order valence-electron chi connectivity index (χ0n) is 42.3. The number of hydrogen-bond acceptors (Lipinski definition) is 14. The fourth-order valence-electron chi connectivity index (χ4n) is 9.24. The van der Waals surface area contributed by atoms with Gasteiger partial charge in [-0.3, -0.25) is 29.0 Å². The lowest BCUT2D eigenvalue weighted by molar-refractivity contribution is -0.144. The van der Waals surface area contributed by atoms with Crippen molar-refractivity contribution < 1.29 is 38.2 Å². The third kappa shape index (κ3) is 12.4. The number of aromatic nitrogens is 4. The first-order chi connectivity index (χ1) is 36.0. The molecule has 0 radical (unpaired) electrons. The Balaban J connectivity index is 0.871. The molecule has 0 saturated carbocycles. The Kier molecular flexibility index (Phi) is 16.6. The fraction of sp³-hybridized carbons (Fsp3) is 0.345. The molecule has 20 heteroatoms. The number of aryl methyl sites for hydroxylation is 1. The fourth-order valence-corrected chi connectivity index (χ4v) is 10.1. The molecule has 0 unspecified atom stereocenters. The lowest BCUT2D eigenvalue weighted by Gasteiger charge is -2.37. The van der Waals surface area contributed by atoms with E-state index in [0.717, 1.165) is 21.7 Å². The minimum Gasteiger partial charge on any atom is -0.496 e. The second-order valence-corrected chi connectivity index (χ2v) is 20.3. The maximum Gasteiger partial charge on any atom is 0.274 e. The van der Waals surface area contributed by atoms with E-state index in [1.54, 1.807) is 52.2 Å². The zero-order valence-corrected chi connectivity index (χ0v) is 43.1. The van der Waals surface area contributed by atoms with E-state index in [1.165, 1.54) is 42.6 Å². The van der Waals surface area contributed by atoms with E-state index in [0.29, 0.717) is 54.2 Å². The molecule has 2 aliphatic heterocycles. The normalized spacial score (nSPS) is 15.9. The van der Waals surface area contributed by atoms with Crippen molar-refractivity contribution in [2.24, 2.45) is 5.41 Å². The molecule has 18 nitrogen and oxygen atoms in total. The van der Waals surface area contributed by atoms with E-state index < -0.39 is 53.0 Å². The number of aliphatic hydroxyl groups excluding tert-OH is 1. The van der Waals surface area contributed by atoms with Gasteiger partial charge < -0.3 is 40.5 Å². The molecule has 0 aliphatic carbocycles. The Morgan fingerprint density at radius 1 is 0.960 bits per heavy atom. The molecule has 3 atom stereocenters. The van der Waals surface area contributed by atoms with Gasteiger partial charge in [0.15, 0.2) is 5.82 Å². The minimum atomic E-state index is -1.02. The molecule has 6 aromatic rings. The number of likely N-dealkylation sites (tertiary alicyclic amines) is 1. The molecule has 5 amide bonds. The van der Waals surface area contributed by atoms with E-state index >= 15 is 0 Å². The van der Waals surface area contributed by atoms with Crippen LogP contribution in [0, 0.1) is 29.5 Å². The lowest BCUT2D eigenvalue weighted by atomic mass is 9.85. The molecule has 8 rings (SSSR count). The van der Waals surface area contributed by atoms with Gasteiger partial charge in [-0.05, 0) is 71.8 Å². The van der Waals surface area contributed by atoms with Gasteiger partial charge in [-0.25, -0.2) is 19.3 Å². The quantitative estimate of drug-likeness (QED) is 0.0808. The van der Waals surface area contributed by atoms with Crippen molar-refractivity contribution in [3.8, 4) is 44.8 Å². The van der Waals surface area contributed by atoms with Crippen LogP contribution in [0.5, 0.6) is 5.75 Å². The number of anilines is 2. The van der Waals surface area contributed by atoms with Crippen LogP contribution in [0.15, 0.2) is 96.9 Å². The first kappa shape index (κ1) is 53.2. The number of nitriles is 1. The number of aliphatic hydroxyl groups is 1. The number of halogens is 1. The summed E-state index contributed by atoms with van der Waals surface area (Å²) in [6.45, 7) is 8.97. The number of amides is 5. The third-order valence-corrected chi connectivity index (χ3v) is 14.3. The molecule has 388 valence electrons. The number of piperazine rings is 1. The largest absolute Gasteiger partial charge is 0.496 e. The average Bonchev–Trinajstić information content (AvgIpc) is 4.04. The van der Waals surface area contributed by atoms with Crippen molar-refractivity contribution in [2.45, 2.75) is 78.1 Å². The van der Waals surface area contributed by atoms with Crippen molar-refractivity contribution >= 4 is 52.2 Å². The highest BCUT2D eigenvalue weighted by Gasteiger charge is 2.44. The number of methoxy groups -OCH3 is 1. The predicted octanol–water partition coefficient (Wildman–Crippen LogP) is 6.54. The van der Waals surface area contributed by atoms with Crippen LogP contribution < -0.4 is 25.6 Å². The van der Waals surface area contributed by atoms with E-state index in [9.17, 15) is 38.7 Å². The number of benzene rings is 3. The smallest absolute Gasteiger partial charge is 0.274 e. The first-order valence-electron chi connectivity index (χ1n) is 24.6. The van der Waals surface area contributed by atoms with Crippen LogP contribution in [0.3, 0.4) is 0 Å². The topological polar surface area (TPSA) is 236 Å². The number of β-amino-alcohol motifs (C(OH)–C–C–N with tert-alkyl or cyclic N) is 1. The van der Waals surface area contributed by atoms with Gasteiger partial charge in [0.05, 0.1) is 57.9 Å². The monoisotopic (exact) mass is 1040 g/mol. The summed E-state index contributed by atoms with van der Waals surface area (Å²) in [7, 11) is 1.40. The van der Waals surface area contributed by atoms with Gasteiger partial charge in [0.25, 0.3) is 5.91 Å². The van der Waals surface area contributed by atoms with Crippen molar-refractivity contribution in [3.63, 3.8) is 0 Å². The molecule has 5 heterocycles. The Morgan fingerprint density at radius 2 is 1.72 bits per heavy atom. The molecule has 0 spiro atoms. The highest BCUT2D eigenvalue weighted by molar-refractivity contribution is 7.13. The Hall–Kier alpha value is -8.15. The Labute approximate surface area is 438 Å². The number of nitrogens with one attached hydrogen (secondary N) is 3. The van der Waals surface area contributed by atoms with Crippen molar-refractivity contribution in [1.82, 2.24) is 40.4 Å². The van der Waals surface area contributed by atoms with E-state index in [-0.39, 0.29) is 67.5 Å². The molecule has 3 aromatic heterocycles. The summed E-state index contributed by atoms with van der Waals surface area (Å²) in [5.74, 6) is -2.50. The molecule has 0 bridgehead atoms. The second-order valence-electron chi connectivity index (χ2n) is 19.5. The number of ether oxygens (including phenoxy) is 1. The Morgan fingerprint density at radius 3 is 2.43 bits per heavy atom. The first-order valence-corrected chi connectivity index (χ1v) is 25.4.